The van der Waals surface area contributed by atoms with Gasteiger partial charge in [-0.2, -0.15) is 0 Å². The van der Waals surface area contributed by atoms with Crippen LogP contribution >= 0.6 is 0 Å². The van der Waals surface area contributed by atoms with Crippen LogP contribution in [0.1, 0.15) is 36.2 Å². The molecule has 0 spiro atoms. The van der Waals surface area contributed by atoms with Crippen molar-refractivity contribution in [3.8, 4) is 5.75 Å². The topological polar surface area (TPSA) is 75.4 Å². The van der Waals surface area contributed by atoms with Crippen molar-refractivity contribution in [3.05, 3.63) is 29.3 Å². The van der Waals surface area contributed by atoms with Crippen LogP contribution in [0.15, 0.2) is 18.2 Å². The number of carbonyl (C=O) groups is 1. The zero-order valence-electron chi connectivity index (χ0n) is 11.2. The molecule has 0 radical (unpaired) electrons. The van der Waals surface area contributed by atoms with E-state index in [-0.39, 0.29) is 17.7 Å². The van der Waals surface area contributed by atoms with Gasteiger partial charge in [0.2, 0.25) is 0 Å². The van der Waals surface area contributed by atoms with Gasteiger partial charge in [0.1, 0.15) is 5.75 Å². The van der Waals surface area contributed by atoms with Gasteiger partial charge in [0.05, 0.1) is 5.56 Å². The highest BCUT2D eigenvalue weighted by molar-refractivity contribution is 5.97. The Hall–Kier alpha value is -1.55. The summed E-state index contributed by atoms with van der Waals surface area (Å²) in [6.07, 6.45) is 0.828. The fourth-order valence-corrected chi connectivity index (χ4v) is 1.88. The number of nitrogens with two attached hydrogens (primary N) is 1. The molecule has 18 heavy (non-hydrogen) atoms. The summed E-state index contributed by atoms with van der Waals surface area (Å²) in [6, 6.07) is 4.95. The molecule has 4 N–H and O–H groups in total. The Morgan fingerprint density at radius 1 is 1.44 bits per heavy atom. The van der Waals surface area contributed by atoms with Gasteiger partial charge in [0, 0.05) is 12.6 Å². The molecule has 1 rings (SSSR count). The lowest BCUT2D eigenvalue weighted by molar-refractivity contribution is 0.0931. The number of phenolic OH excluding ortho intramolecular Hbond substituents is 1. The van der Waals surface area contributed by atoms with Crippen molar-refractivity contribution in [2.45, 2.75) is 33.2 Å². The summed E-state index contributed by atoms with van der Waals surface area (Å²) < 4.78 is 0. The van der Waals surface area contributed by atoms with Gasteiger partial charge in [-0.3, -0.25) is 4.79 Å². The molecule has 1 aromatic rings. The average Bonchev–Trinajstić information content (AvgIpc) is 2.27. The zero-order chi connectivity index (χ0) is 13.7. The lowest BCUT2D eigenvalue weighted by Crippen LogP contribution is -2.41. The summed E-state index contributed by atoms with van der Waals surface area (Å²) in [7, 11) is 0. The molecule has 0 bridgehead atoms. The van der Waals surface area contributed by atoms with Crippen molar-refractivity contribution >= 4 is 5.91 Å². The Labute approximate surface area is 108 Å². The quantitative estimate of drug-likeness (QED) is 0.746. The van der Waals surface area contributed by atoms with Gasteiger partial charge in [0.15, 0.2) is 0 Å². The second-order valence-electron chi connectivity index (χ2n) is 5.06. The van der Waals surface area contributed by atoms with E-state index in [2.05, 4.69) is 19.2 Å². The molecule has 1 amide bonds. The molecule has 0 aliphatic rings. The molecule has 0 fully saturated rings. The van der Waals surface area contributed by atoms with E-state index in [1.165, 1.54) is 0 Å². The van der Waals surface area contributed by atoms with E-state index in [0.29, 0.717) is 18.0 Å². The minimum Gasteiger partial charge on any atom is -0.507 e. The van der Waals surface area contributed by atoms with Gasteiger partial charge in [-0.1, -0.05) is 19.9 Å². The maximum Gasteiger partial charge on any atom is 0.255 e. The third kappa shape index (κ3) is 4.04. The average molecular weight is 250 g/mol. The molecule has 1 unspecified atom stereocenters. The van der Waals surface area contributed by atoms with E-state index in [1.54, 1.807) is 18.2 Å². The van der Waals surface area contributed by atoms with Crippen molar-refractivity contribution in [1.29, 1.82) is 0 Å². The molecule has 100 valence electrons. The fraction of sp³-hybridized carbons (Fsp3) is 0.500. The standard InChI is InChI=1S/C14H22N2O2/c1-9(2)6-11(8-15)16-14(18)12-5-4-10(3)7-13(12)17/h4-5,7,9,11,17H,6,8,15H2,1-3H3,(H,16,18). The van der Waals surface area contributed by atoms with Crippen molar-refractivity contribution in [2.75, 3.05) is 6.54 Å². The molecular weight excluding hydrogens is 228 g/mol. The van der Waals surface area contributed by atoms with Crippen LogP contribution in [0, 0.1) is 12.8 Å². The number of phenols is 1. The van der Waals surface area contributed by atoms with E-state index in [1.807, 2.05) is 6.92 Å². The normalized spacial score (nSPS) is 12.5. The molecule has 0 aromatic heterocycles. The molecule has 0 aliphatic carbocycles. The number of carbonyl (C=O) groups excluding carboxylic acids is 1. The lowest BCUT2D eigenvalue weighted by atomic mass is 10.0. The molecule has 0 aliphatic heterocycles. The molecule has 0 saturated heterocycles. The number of nitrogens with one attached hydrogen (secondary N) is 1. The number of aromatic hydroxyl groups is 1. The summed E-state index contributed by atoms with van der Waals surface area (Å²) in [5.41, 5.74) is 6.84. The Kier molecular flexibility index (Phi) is 5.16. The predicted molar refractivity (Wildman–Crippen MR) is 72.6 cm³/mol. The third-order valence-electron chi connectivity index (χ3n) is 2.77. The second-order valence-corrected chi connectivity index (χ2v) is 5.06. The van der Waals surface area contributed by atoms with Gasteiger partial charge < -0.3 is 16.2 Å². The number of rotatable bonds is 5. The molecule has 4 nitrogen and oxygen atoms in total. The summed E-state index contributed by atoms with van der Waals surface area (Å²) in [5, 5.41) is 12.6. The first-order chi connectivity index (χ1) is 8.43. The third-order valence-corrected chi connectivity index (χ3v) is 2.77. The van der Waals surface area contributed by atoms with Crippen LogP contribution in [0.4, 0.5) is 0 Å². The molecule has 0 heterocycles. The molecule has 1 atom stereocenters. The van der Waals surface area contributed by atoms with Crippen molar-refractivity contribution < 1.29 is 9.90 Å². The predicted octanol–water partition coefficient (Wildman–Crippen LogP) is 1.80. The number of aryl methyl sites for hydroxylation is 1. The van der Waals surface area contributed by atoms with Crippen LogP contribution in [0.5, 0.6) is 5.75 Å². The Balaban J connectivity index is 2.74. The maximum atomic E-state index is 12.0. The highest BCUT2D eigenvalue weighted by atomic mass is 16.3. The smallest absolute Gasteiger partial charge is 0.255 e. The van der Waals surface area contributed by atoms with Crippen LogP contribution in [0.25, 0.3) is 0 Å². The molecule has 4 heteroatoms. The Morgan fingerprint density at radius 3 is 2.61 bits per heavy atom. The monoisotopic (exact) mass is 250 g/mol. The fourth-order valence-electron chi connectivity index (χ4n) is 1.88. The first kappa shape index (κ1) is 14.5. The van der Waals surface area contributed by atoms with Gasteiger partial charge in [0.25, 0.3) is 5.91 Å². The number of benzene rings is 1. The van der Waals surface area contributed by atoms with Crippen LogP contribution in [-0.2, 0) is 0 Å². The number of hydrogen-bond donors (Lipinski definition) is 3. The van der Waals surface area contributed by atoms with E-state index >= 15 is 0 Å². The van der Waals surface area contributed by atoms with Crippen molar-refractivity contribution in [1.82, 2.24) is 5.32 Å². The van der Waals surface area contributed by atoms with E-state index in [9.17, 15) is 9.90 Å². The minimum absolute atomic E-state index is 0.00724. The summed E-state index contributed by atoms with van der Waals surface area (Å²) >= 11 is 0. The van der Waals surface area contributed by atoms with E-state index in [0.717, 1.165) is 12.0 Å². The van der Waals surface area contributed by atoms with E-state index < -0.39 is 0 Å². The molecule has 1 aromatic carbocycles. The van der Waals surface area contributed by atoms with Crippen LogP contribution in [0.2, 0.25) is 0 Å². The van der Waals surface area contributed by atoms with Gasteiger partial charge in [-0.15, -0.1) is 0 Å². The summed E-state index contributed by atoms with van der Waals surface area (Å²) in [5.74, 6) is 0.196. The van der Waals surface area contributed by atoms with E-state index in [4.69, 9.17) is 5.73 Å². The largest absolute Gasteiger partial charge is 0.507 e. The summed E-state index contributed by atoms with van der Waals surface area (Å²) in [6.45, 7) is 6.43. The van der Waals surface area contributed by atoms with Gasteiger partial charge in [-0.05, 0) is 37.0 Å². The van der Waals surface area contributed by atoms with Crippen LogP contribution in [-0.4, -0.2) is 23.6 Å². The lowest BCUT2D eigenvalue weighted by Gasteiger charge is -2.19. The number of hydrogen-bond acceptors (Lipinski definition) is 3. The van der Waals surface area contributed by atoms with Gasteiger partial charge in [-0.25, -0.2) is 0 Å². The summed E-state index contributed by atoms with van der Waals surface area (Å²) in [4.78, 5) is 12.0. The minimum atomic E-state index is -0.274. The van der Waals surface area contributed by atoms with Gasteiger partial charge >= 0.3 is 0 Å². The molecule has 0 saturated carbocycles. The zero-order valence-corrected chi connectivity index (χ0v) is 11.2. The highest BCUT2D eigenvalue weighted by Crippen LogP contribution is 2.18. The van der Waals surface area contributed by atoms with Crippen molar-refractivity contribution in [3.63, 3.8) is 0 Å². The first-order valence-corrected chi connectivity index (χ1v) is 6.24. The SMILES string of the molecule is Cc1ccc(C(=O)NC(CN)CC(C)C)c(O)c1. The second kappa shape index (κ2) is 6.40. The highest BCUT2D eigenvalue weighted by Gasteiger charge is 2.16. The van der Waals surface area contributed by atoms with Crippen molar-refractivity contribution in [2.24, 2.45) is 11.7 Å². The Bertz CT molecular complexity index is 416. The van der Waals surface area contributed by atoms with Crippen LogP contribution in [0.3, 0.4) is 0 Å². The Morgan fingerprint density at radius 2 is 2.11 bits per heavy atom. The molecular formula is C14H22N2O2. The number of amides is 1. The first-order valence-electron chi connectivity index (χ1n) is 6.24. The van der Waals surface area contributed by atoms with Crippen LogP contribution < -0.4 is 11.1 Å². The maximum absolute atomic E-state index is 12.0.